The van der Waals surface area contributed by atoms with Gasteiger partial charge in [0, 0.05) is 37.7 Å². The van der Waals surface area contributed by atoms with Gasteiger partial charge in [0.25, 0.3) is 0 Å². The molecule has 0 N–H and O–H groups in total. The summed E-state index contributed by atoms with van der Waals surface area (Å²) in [5.41, 5.74) is 1.00. The molecule has 0 amide bonds. The van der Waals surface area contributed by atoms with Gasteiger partial charge in [0.1, 0.15) is 12.1 Å². The molecular formula is C13H17N5O. The molecule has 0 aromatic carbocycles. The Balaban J connectivity index is 1.66. The Morgan fingerprint density at radius 1 is 1.21 bits per heavy atom. The largest absolute Gasteiger partial charge is 0.356 e. The van der Waals surface area contributed by atoms with Crippen LogP contribution in [-0.4, -0.2) is 33.2 Å². The highest BCUT2D eigenvalue weighted by Crippen LogP contribution is 2.28. The lowest BCUT2D eigenvalue weighted by atomic mass is 9.96. The second-order valence-electron chi connectivity index (χ2n) is 4.95. The smallest absolute Gasteiger partial charge is 0.223 e. The number of aryl methyl sites for hydroxylation is 2. The van der Waals surface area contributed by atoms with Crippen molar-refractivity contribution >= 4 is 5.82 Å². The van der Waals surface area contributed by atoms with E-state index in [9.17, 15) is 0 Å². The fraction of sp³-hybridized carbons (Fsp3) is 0.538. The van der Waals surface area contributed by atoms with E-state index in [2.05, 4.69) is 25.0 Å². The lowest BCUT2D eigenvalue weighted by Gasteiger charge is -2.31. The summed E-state index contributed by atoms with van der Waals surface area (Å²) in [5.74, 6) is 2.90. The molecule has 1 aliphatic rings. The molecular weight excluding hydrogens is 242 g/mol. The molecule has 2 aromatic heterocycles. The SMILES string of the molecule is Cc1cc(N2CCC(c3noc(C)n3)CC2)ncn1. The van der Waals surface area contributed by atoms with Crippen molar-refractivity contribution in [1.29, 1.82) is 0 Å². The Bertz CT molecular complexity index is 560. The van der Waals surface area contributed by atoms with Crippen molar-refractivity contribution in [3.8, 4) is 0 Å². The molecule has 6 nitrogen and oxygen atoms in total. The number of nitrogens with zero attached hydrogens (tertiary/aromatic N) is 5. The second-order valence-corrected chi connectivity index (χ2v) is 4.95. The molecule has 0 unspecified atom stereocenters. The van der Waals surface area contributed by atoms with Gasteiger partial charge in [-0.25, -0.2) is 9.97 Å². The van der Waals surface area contributed by atoms with E-state index in [4.69, 9.17) is 4.52 Å². The topological polar surface area (TPSA) is 67.9 Å². The molecule has 0 atom stereocenters. The van der Waals surface area contributed by atoms with Crippen molar-refractivity contribution in [3.63, 3.8) is 0 Å². The standard InChI is InChI=1S/C13H17N5O/c1-9-7-12(15-8-14-9)18-5-3-11(4-6-18)13-16-10(2)19-17-13/h7-8,11H,3-6H2,1-2H3. The molecule has 0 spiro atoms. The van der Waals surface area contributed by atoms with Gasteiger partial charge < -0.3 is 9.42 Å². The number of rotatable bonds is 2. The molecule has 1 fully saturated rings. The normalized spacial score (nSPS) is 16.8. The van der Waals surface area contributed by atoms with E-state index >= 15 is 0 Å². The quantitative estimate of drug-likeness (QED) is 0.820. The zero-order chi connectivity index (χ0) is 13.2. The minimum absolute atomic E-state index is 0.400. The van der Waals surface area contributed by atoms with Crippen LogP contribution < -0.4 is 4.90 Å². The number of piperidine rings is 1. The van der Waals surface area contributed by atoms with E-state index in [-0.39, 0.29) is 0 Å². The van der Waals surface area contributed by atoms with Crippen LogP contribution in [0.2, 0.25) is 0 Å². The third-order valence-electron chi connectivity index (χ3n) is 3.52. The lowest BCUT2D eigenvalue weighted by Crippen LogP contribution is -2.33. The van der Waals surface area contributed by atoms with E-state index in [1.54, 1.807) is 6.33 Å². The minimum atomic E-state index is 0.400. The first kappa shape index (κ1) is 12.1. The van der Waals surface area contributed by atoms with Gasteiger partial charge in [-0.2, -0.15) is 4.98 Å². The second kappa shape index (κ2) is 4.95. The van der Waals surface area contributed by atoms with Crippen molar-refractivity contribution in [2.24, 2.45) is 0 Å². The number of anilines is 1. The maximum absolute atomic E-state index is 5.05. The van der Waals surface area contributed by atoms with Crippen LogP contribution in [0.25, 0.3) is 0 Å². The summed E-state index contributed by atoms with van der Waals surface area (Å²) in [6.07, 6.45) is 3.68. The molecule has 1 saturated heterocycles. The number of hydrogen-bond donors (Lipinski definition) is 0. The zero-order valence-corrected chi connectivity index (χ0v) is 11.2. The molecule has 19 heavy (non-hydrogen) atoms. The number of hydrogen-bond acceptors (Lipinski definition) is 6. The Hall–Kier alpha value is -1.98. The van der Waals surface area contributed by atoms with Crippen LogP contribution in [-0.2, 0) is 0 Å². The highest BCUT2D eigenvalue weighted by molar-refractivity contribution is 5.39. The lowest BCUT2D eigenvalue weighted by molar-refractivity contribution is 0.375. The first-order valence-corrected chi connectivity index (χ1v) is 6.56. The fourth-order valence-electron chi connectivity index (χ4n) is 2.46. The highest BCUT2D eigenvalue weighted by atomic mass is 16.5. The van der Waals surface area contributed by atoms with Crippen LogP contribution in [0.3, 0.4) is 0 Å². The maximum atomic E-state index is 5.05. The van der Waals surface area contributed by atoms with E-state index in [1.807, 2.05) is 19.9 Å². The summed E-state index contributed by atoms with van der Waals surface area (Å²) < 4.78 is 5.05. The summed E-state index contributed by atoms with van der Waals surface area (Å²) in [7, 11) is 0. The van der Waals surface area contributed by atoms with Gasteiger partial charge in [-0.1, -0.05) is 5.16 Å². The van der Waals surface area contributed by atoms with Gasteiger partial charge in [0.05, 0.1) is 0 Å². The molecule has 0 aliphatic carbocycles. The molecule has 3 heterocycles. The van der Waals surface area contributed by atoms with Crippen molar-refractivity contribution in [2.75, 3.05) is 18.0 Å². The van der Waals surface area contributed by atoms with Crippen LogP contribution in [0.1, 0.15) is 36.2 Å². The minimum Gasteiger partial charge on any atom is -0.356 e. The van der Waals surface area contributed by atoms with Crippen LogP contribution in [0, 0.1) is 13.8 Å². The summed E-state index contributed by atoms with van der Waals surface area (Å²) in [6, 6.07) is 2.03. The Labute approximate surface area is 111 Å². The van der Waals surface area contributed by atoms with E-state index in [1.165, 1.54) is 0 Å². The van der Waals surface area contributed by atoms with Crippen molar-refractivity contribution in [1.82, 2.24) is 20.1 Å². The molecule has 100 valence electrons. The number of aromatic nitrogens is 4. The van der Waals surface area contributed by atoms with Crippen LogP contribution in [0.5, 0.6) is 0 Å². The maximum Gasteiger partial charge on any atom is 0.223 e. The first-order valence-electron chi connectivity index (χ1n) is 6.56. The van der Waals surface area contributed by atoms with Crippen molar-refractivity contribution < 1.29 is 4.52 Å². The third-order valence-corrected chi connectivity index (χ3v) is 3.52. The molecule has 0 radical (unpaired) electrons. The average Bonchev–Trinajstić information content (AvgIpc) is 2.86. The van der Waals surface area contributed by atoms with Gasteiger partial charge in [0.15, 0.2) is 5.82 Å². The third kappa shape index (κ3) is 2.57. The van der Waals surface area contributed by atoms with Gasteiger partial charge in [0.2, 0.25) is 5.89 Å². The monoisotopic (exact) mass is 259 g/mol. The molecule has 3 rings (SSSR count). The molecule has 2 aromatic rings. The molecule has 6 heteroatoms. The summed E-state index contributed by atoms with van der Waals surface area (Å²) in [5, 5.41) is 4.02. The van der Waals surface area contributed by atoms with Gasteiger partial charge in [-0.15, -0.1) is 0 Å². The summed E-state index contributed by atoms with van der Waals surface area (Å²) >= 11 is 0. The zero-order valence-electron chi connectivity index (χ0n) is 11.2. The fourth-order valence-corrected chi connectivity index (χ4v) is 2.46. The molecule has 0 saturated carbocycles. The first-order chi connectivity index (χ1) is 9.22. The van der Waals surface area contributed by atoms with Gasteiger partial charge in [-0.05, 0) is 19.8 Å². The predicted molar refractivity (Wildman–Crippen MR) is 70.0 cm³/mol. The van der Waals surface area contributed by atoms with Crippen LogP contribution in [0.15, 0.2) is 16.9 Å². The Morgan fingerprint density at radius 3 is 2.63 bits per heavy atom. The van der Waals surface area contributed by atoms with E-state index < -0.39 is 0 Å². The average molecular weight is 259 g/mol. The van der Waals surface area contributed by atoms with Crippen LogP contribution in [0.4, 0.5) is 5.82 Å². The summed E-state index contributed by atoms with van der Waals surface area (Å²) in [6.45, 7) is 5.75. The Kier molecular flexibility index (Phi) is 3.15. The highest BCUT2D eigenvalue weighted by Gasteiger charge is 2.24. The van der Waals surface area contributed by atoms with Crippen molar-refractivity contribution in [2.45, 2.75) is 32.6 Å². The van der Waals surface area contributed by atoms with Crippen molar-refractivity contribution in [3.05, 3.63) is 29.8 Å². The van der Waals surface area contributed by atoms with E-state index in [0.717, 1.165) is 43.3 Å². The van der Waals surface area contributed by atoms with Gasteiger partial charge in [-0.3, -0.25) is 0 Å². The van der Waals surface area contributed by atoms with Crippen LogP contribution >= 0.6 is 0 Å². The molecule has 0 bridgehead atoms. The summed E-state index contributed by atoms with van der Waals surface area (Å²) in [4.78, 5) is 15.1. The predicted octanol–water partition coefficient (Wildman–Crippen LogP) is 1.86. The van der Waals surface area contributed by atoms with Gasteiger partial charge >= 0.3 is 0 Å². The molecule has 1 aliphatic heterocycles. The van der Waals surface area contributed by atoms with E-state index in [0.29, 0.717) is 11.8 Å². The Morgan fingerprint density at radius 2 is 2.00 bits per heavy atom.